The van der Waals surface area contributed by atoms with Gasteiger partial charge in [-0.25, -0.2) is 18.0 Å². The highest BCUT2D eigenvalue weighted by molar-refractivity contribution is 7.14. The van der Waals surface area contributed by atoms with Gasteiger partial charge in [0.1, 0.15) is 17.4 Å². The second-order valence-corrected chi connectivity index (χ2v) is 7.90. The smallest absolute Gasteiger partial charge is 0.322 e. The number of hydrogen-bond acceptors (Lipinski definition) is 5. The summed E-state index contributed by atoms with van der Waals surface area (Å²) in [6.45, 7) is 1.05. The molecule has 3 amide bonds. The molecule has 0 saturated heterocycles. The first-order valence-electron chi connectivity index (χ1n) is 9.24. The van der Waals surface area contributed by atoms with Crippen molar-refractivity contribution >= 4 is 29.0 Å². The van der Waals surface area contributed by atoms with Gasteiger partial charge < -0.3 is 15.5 Å². The zero-order valence-corrected chi connectivity index (χ0v) is 17.0. The van der Waals surface area contributed by atoms with Gasteiger partial charge in [-0.05, 0) is 31.2 Å². The van der Waals surface area contributed by atoms with Crippen LogP contribution in [-0.2, 0) is 11.3 Å². The Kier molecular flexibility index (Phi) is 5.59. The maximum absolute atomic E-state index is 14.0. The molecule has 2 aromatic carbocycles. The molecule has 0 bridgehead atoms. The number of anilines is 1. The number of carbonyl (C=O) groups is 2. The topological polar surface area (TPSA) is 87.2 Å². The first-order chi connectivity index (χ1) is 14.8. The van der Waals surface area contributed by atoms with Crippen molar-refractivity contribution in [3.05, 3.63) is 64.4 Å². The Hall–Kier alpha value is -3.47. The molecule has 0 fully saturated rings. The SMILES string of the molecule is C[C@H](NC(=O)CN1Cc2c(ccc(F)c2F)NC1=O)c1nnc(-c2ccccc2F)s1. The number of aromatic nitrogens is 2. The molecule has 7 nitrogen and oxygen atoms in total. The Labute approximate surface area is 178 Å². The standard InChI is InChI=1S/C20H16F3N5O2S/c1-10(18-26-27-19(31-18)11-4-2-3-5-13(11)21)24-16(29)9-28-8-12-15(25-20(28)30)7-6-14(22)17(12)23/h2-7,10H,8-9H2,1H3,(H,24,29)(H,25,30)/t10-/m0/s1. The van der Waals surface area contributed by atoms with E-state index in [4.69, 9.17) is 0 Å². The molecule has 0 aliphatic carbocycles. The normalized spacial score (nSPS) is 14.1. The molecule has 11 heteroatoms. The molecule has 1 atom stereocenters. The summed E-state index contributed by atoms with van der Waals surface area (Å²) in [6, 6.07) is 7.19. The van der Waals surface area contributed by atoms with Crippen LogP contribution in [0.25, 0.3) is 10.6 Å². The van der Waals surface area contributed by atoms with Crippen LogP contribution in [0.4, 0.5) is 23.7 Å². The van der Waals surface area contributed by atoms with Gasteiger partial charge in [-0.15, -0.1) is 10.2 Å². The number of urea groups is 1. The monoisotopic (exact) mass is 447 g/mol. The minimum Gasteiger partial charge on any atom is -0.346 e. The number of nitrogens with one attached hydrogen (secondary N) is 2. The zero-order chi connectivity index (χ0) is 22.1. The van der Waals surface area contributed by atoms with Crippen molar-refractivity contribution in [1.82, 2.24) is 20.4 Å². The van der Waals surface area contributed by atoms with Crippen LogP contribution in [0.15, 0.2) is 36.4 Å². The number of hydrogen-bond donors (Lipinski definition) is 2. The lowest BCUT2D eigenvalue weighted by Gasteiger charge is -2.29. The highest BCUT2D eigenvalue weighted by Gasteiger charge is 2.28. The van der Waals surface area contributed by atoms with E-state index in [0.717, 1.165) is 22.3 Å². The van der Waals surface area contributed by atoms with Crippen molar-refractivity contribution in [2.24, 2.45) is 0 Å². The third-order valence-electron chi connectivity index (χ3n) is 4.70. The third-order valence-corrected chi connectivity index (χ3v) is 5.84. The minimum absolute atomic E-state index is 0.0286. The fourth-order valence-corrected chi connectivity index (χ4v) is 4.00. The Morgan fingerprint density at radius 1 is 1.19 bits per heavy atom. The number of nitrogens with zero attached hydrogens (tertiary/aromatic N) is 3. The molecule has 1 aliphatic rings. The Morgan fingerprint density at radius 2 is 1.97 bits per heavy atom. The van der Waals surface area contributed by atoms with E-state index in [2.05, 4.69) is 20.8 Å². The van der Waals surface area contributed by atoms with Crippen LogP contribution in [0.3, 0.4) is 0 Å². The Bertz CT molecular complexity index is 1170. The van der Waals surface area contributed by atoms with E-state index in [1.165, 1.54) is 12.1 Å². The zero-order valence-electron chi connectivity index (χ0n) is 16.2. The van der Waals surface area contributed by atoms with Crippen LogP contribution in [0.2, 0.25) is 0 Å². The lowest BCUT2D eigenvalue weighted by Crippen LogP contribution is -2.45. The molecule has 2 heterocycles. The van der Waals surface area contributed by atoms with Gasteiger partial charge in [-0.3, -0.25) is 4.79 Å². The second kappa shape index (κ2) is 8.34. The largest absolute Gasteiger partial charge is 0.346 e. The second-order valence-electron chi connectivity index (χ2n) is 6.89. The fourth-order valence-electron chi connectivity index (χ4n) is 3.12. The van der Waals surface area contributed by atoms with Crippen molar-refractivity contribution in [2.45, 2.75) is 19.5 Å². The number of benzene rings is 2. The summed E-state index contributed by atoms with van der Waals surface area (Å²) >= 11 is 1.13. The van der Waals surface area contributed by atoms with Crippen molar-refractivity contribution in [3.8, 4) is 10.6 Å². The highest BCUT2D eigenvalue weighted by atomic mass is 32.1. The van der Waals surface area contributed by atoms with Crippen molar-refractivity contribution in [2.75, 3.05) is 11.9 Å². The lowest BCUT2D eigenvalue weighted by molar-refractivity contribution is -0.122. The number of fused-ring (bicyclic) bond motifs is 1. The maximum Gasteiger partial charge on any atom is 0.322 e. The van der Waals surface area contributed by atoms with Crippen molar-refractivity contribution < 1.29 is 22.8 Å². The predicted octanol–water partition coefficient (Wildman–Crippen LogP) is 3.85. The predicted molar refractivity (Wildman–Crippen MR) is 108 cm³/mol. The van der Waals surface area contributed by atoms with E-state index in [9.17, 15) is 22.8 Å². The molecule has 0 spiro atoms. The van der Waals surface area contributed by atoms with Crippen LogP contribution < -0.4 is 10.6 Å². The Morgan fingerprint density at radius 3 is 2.74 bits per heavy atom. The summed E-state index contributed by atoms with van der Waals surface area (Å²) in [5, 5.41) is 13.9. The molecule has 0 saturated carbocycles. The van der Waals surface area contributed by atoms with E-state index in [-0.39, 0.29) is 24.3 Å². The van der Waals surface area contributed by atoms with Gasteiger partial charge in [0.2, 0.25) is 5.91 Å². The quantitative estimate of drug-likeness (QED) is 0.622. The van der Waals surface area contributed by atoms with E-state index < -0.39 is 35.4 Å². The van der Waals surface area contributed by atoms with E-state index in [0.29, 0.717) is 15.6 Å². The first-order valence-corrected chi connectivity index (χ1v) is 10.1. The summed E-state index contributed by atoms with van der Waals surface area (Å²) in [5.74, 6) is -3.05. The van der Waals surface area contributed by atoms with Gasteiger partial charge in [0, 0.05) is 11.1 Å². The van der Waals surface area contributed by atoms with Gasteiger partial charge >= 0.3 is 6.03 Å². The minimum atomic E-state index is -1.06. The van der Waals surface area contributed by atoms with Gasteiger partial charge in [0.15, 0.2) is 16.6 Å². The molecule has 31 heavy (non-hydrogen) atoms. The molecular weight excluding hydrogens is 431 g/mol. The highest BCUT2D eigenvalue weighted by Crippen LogP contribution is 2.29. The van der Waals surface area contributed by atoms with E-state index >= 15 is 0 Å². The summed E-state index contributed by atoms with van der Waals surface area (Å²) in [7, 11) is 0. The summed E-state index contributed by atoms with van der Waals surface area (Å²) < 4.78 is 41.4. The molecular formula is C20H16F3N5O2S. The Balaban J connectivity index is 1.42. The van der Waals surface area contributed by atoms with Crippen LogP contribution in [-0.4, -0.2) is 33.6 Å². The summed E-state index contributed by atoms with van der Waals surface area (Å²) in [6.07, 6.45) is 0. The molecule has 2 N–H and O–H groups in total. The number of halogens is 3. The average Bonchev–Trinajstić information content (AvgIpc) is 3.22. The van der Waals surface area contributed by atoms with Crippen molar-refractivity contribution in [3.63, 3.8) is 0 Å². The summed E-state index contributed by atoms with van der Waals surface area (Å²) in [4.78, 5) is 25.7. The third kappa shape index (κ3) is 4.22. The summed E-state index contributed by atoms with van der Waals surface area (Å²) in [5.41, 5.74) is 0.449. The van der Waals surface area contributed by atoms with Crippen LogP contribution in [0, 0.1) is 17.5 Å². The molecule has 1 aliphatic heterocycles. The molecule has 0 radical (unpaired) electrons. The average molecular weight is 447 g/mol. The lowest BCUT2D eigenvalue weighted by atomic mass is 10.1. The van der Waals surface area contributed by atoms with Crippen LogP contribution in [0.5, 0.6) is 0 Å². The molecule has 160 valence electrons. The number of rotatable bonds is 5. The number of carbonyl (C=O) groups excluding carboxylic acids is 2. The maximum atomic E-state index is 14.0. The van der Waals surface area contributed by atoms with Crippen LogP contribution in [0.1, 0.15) is 23.5 Å². The van der Waals surface area contributed by atoms with E-state index in [1.807, 2.05) is 0 Å². The van der Waals surface area contributed by atoms with Crippen LogP contribution >= 0.6 is 11.3 Å². The molecule has 1 aromatic heterocycles. The molecule has 4 rings (SSSR count). The van der Waals surface area contributed by atoms with Gasteiger partial charge in [-0.2, -0.15) is 0 Å². The first kappa shape index (κ1) is 20.8. The van der Waals surface area contributed by atoms with Gasteiger partial charge in [-0.1, -0.05) is 23.5 Å². The van der Waals surface area contributed by atoms with E-state index in [1.54, 1.807) is 25.1 Å². The van der Waals surface area contributed by atoms with Gasteiger partial charge in [0.05, 0.1) is 18.3 Å². The fraction of sp³-hybridized carbons (Fsp3) is 0.200. The molecule has 3 aromatic rings. The van der Waals surface area contributed by atoms with Crippen molar-refractivity contribution in [1.29, 1.82) is 0 Å². The number of amides is 3. The molecule has 0 unspecified atom stereocenters. The van der Waals surface area contributed by atoms with Gasteiger partial charge in [0.25, 0.3) is 0 Å².